The summed E-state index contributed by atoms with van der Waals surface area (Å²) in [6.45, 7) is 4.58. The van der Waals surface area contributed by atoms with E-state index in [9.17, 15) is 8.42 Å². The number of aliphatic imine (C=N–C) groups is 1. The van der Waals surface area contributed by atoms with Gasteiger partial charge in [0.2, 0.25) is 10.0 Å². The number of thioether (sulfide) groups is 1. The SMILES string of the molecule is NC(=NCCS(=O)(=O)N1CCSCC1)N1CCN(c2ccc(Cl)cc2)CC1. The highest BCUT2D eigenvalue weighted by atomic mass is 35.5. The van der Waals surface area contributed by atoms with Gasteiger partial charge in [-0.2, -0.15) is 11.8 Å². The van der Waals surface area contributed by atoms with Crippen molar-refractivity contribution in [2.75, 3.05) is 68.0 Å². The summed E-state index contributed by atoms with van der Waals surface area (Å²) < 4.78 is 26.3. The number of hydrogen-bond acceptors (Lipinski definition) is 5. The highest BCUT2D eigenvalue weighted by Gasteiger charge is 2.24. The molecule has 0 saturated carbocycles. The third-order valence-electron chi connectivity index (χ3n) is 4.78. The molecule has 150 valence electrons. The maximum atomic E-state index is 12.3. The van der Waals surface area contributed by atoms with Gasteiger partial charge in [0.05, 0.1) is 12.3 Å². The molecule has 27 heavy (non-hydrogen) atoms. The van der Waals surface area contributed by atoms with E-state index < -0.39 is 10.0 Å². The number of nitrogens with zero attached hydrogens (tertiary/aromatic N) is 4. The average Bonchev–Trinajstić information content (AvgIpc) is 2.69. The molecule has 0 spiro atoms. The molecule has 10 heteroatoms. The molecule has 3 rings (SSSR count). The number of benzene rings is 1. The molecule has 0 bridgehead atoms. The van der Waals surface area contributed by atoms with Crippen LogP contribution in [-0.2, 0) is 10.0 Å². The van der Waals surface area contributed by atoms with Crippen molar-refractivity contribution in [1.82, 2.24) is 9.21 Å². The Kier molecular flexibility index (Phi) is 7.13. The third kappa shape index (κ3) is 5.66. The van der Waals surface area contributed by atoms with E-state index >= 15 is 0 Å². The average molecular weight is 432 g/mol. The van der Waals surface area contributed by atoms with Crippen molar-refractivity contribution >= 4 is 45.0 Å². The first-order valence-corrected chi connectivity index (χ1v) is 12.2. The van der Waals surface area contributed by atoms with Crippen LogP contribution in [0.25, 0.3) is 0 Å². The molecule has 0 amide bonds. The fraction of sp³-hybridized carbons (Fsp3) is 0.588. The van der Waals surface area contributed by atoms with Crippen LogP contribution in [0.15, 0.2) is 29.3 Å². The minimum absolute atomic E-state index is 0.0170. The fourth-order valence-electron chi connectivity index (χ4n) is 3.18. The summed E-state index contributed by atoms with van der Waals surface area (Å²) in [6, 6.07) is 7.81. The topological polar surface area (TPSA) is 82.2 Å². The number of rotatable bonds is 5. The maximum Gasteiger partial charge on any atom is 0.215 e. The lowest BCUT2D eigenvalue weighted by Crippen LogP contribution is -2.51. The van der Waals surface area contributed by atoms with Crippen molar-refractivity contribution in [3.05, 3.63) is 29.3 Å². The second kappa shape index (κ2) is 9.36. The summed E-state index contributed by atoms with van der Waals surface area (Å²) in [7, 11) is -3.24. The molecule has 2 fully saturated rings. The van der Waals surface area contributed by atoms with Gasteiger partial charge in [0.25, 0.3) is 0 Å². The van der Waals surface area contributed by atoms with E-state index in [1.807, 2.05) is 29.2 Å². The number of guanidine groups is 1. The van der Waals surface area contributed by atoms with E-state index in [0.29, 0.717) is 19.0 Å². The van der Waals surface area contributed by atoms with Crippen molar-refractivity contribution in [2.24, 2.45) is 10.7 Å². The Morgan fingerprint density at radius 1 is 1.07 bits per heavy atom. The summed E-state index contributed by atoms with van der Waals surface area (Å²) >= 11 is 7.73. The summed E-state index contributed by atoms with van der Waals surface area (Å²) in [5.74, 6) is 2.17. The number of piperazine rings is 1. The lowest BCUT2D eigenvalue weighted by atomic mass is 10.2. The van der Waals surface area contributed by atoms with E-state index in [1.165, 1.54) is 0 Å². The molecular formula is C17H26ClN5O2S2. The van der Waals surface area contributed by atoms with Gasteiger partial charge in [0.15, 0.2) is 5.96 Å². The normalized spacial score (nSPS) is 20.1. The molecule has 2 N–H and O–H groups in total. The van der Waals surface area contributed by atoms with Gasteiger partial charge < -0.3 is 15.5 Å². The van der Waals surface area contributed by atoms with Gasteiger partial charge in [0, 0.05) is 61.5 Å². The molecule has 0 aromatic heterocycles. The van der Waals surface area contributed by atoms with Gasteiger partial charge in [-0.1, -0.05) is 11.6 Å². The van der Waals surface area contributed by atoms with Crippen LogP contribution in [0.2, 0.25) is 5.02 Å². The quantitative estimate of drug-likeness (QED) is 0.556. The van der Waals surface area contributed by atoms with Crippen molar-refractivity contribution in [1.29, 1.82) is 0 Å². The minimum Gasteiger partial charge on any atom is -0.370 e. The second-order valence-corrected chi connectivity index (χ2v) is 10.3. The van der Waals surface area contributed by atoms with Crippen LogP contribution in [0, 0.1) is 0 Å². The third-order valence-corrected chi connectivity index (χ3v) is 7.83. The predicted molar refractivity (Wildman–Crippen MR) is 114 cm³/mol. The molecule has 1 aromatic rings. The van der Waals surface area contributed by atoms with E-state index in [0.717, 1.165) is 48.4 Å². The Morgan fingerprint density at radius 2 is 1.70 bits per heavy atom. The second-order valence-electron chi connectivity index (χ2n) is 6.52. The number of sulfonamides is 1. The number of hydrogen-bond donors (Lipinski definition) is 1. The zero-order valence-corrected chi connectivity index (χ0v) is 17.6. The molecular weight excluding hydrogens is 406 g/mol. The number of nitrogens with two attached hydrogens (primary N) is 1. The van der Waals surface area contributed by atoms with E-state index in [1.54, 1.807) is 16.1 Å². The summed E-state index contributed by atoms with van der Waals surface area (Å²) in [5.41, 5.74) is 7.23. The Bertz CT molecular complexity index is 743. The highest BCUT2D eigenvalue weighted by molar-refractivity contribution is 7.99. The molecule has 0 atom stereocenters. The first-order chi connectivity index (χ1) is 13.0. The van der Waals surface area contributed by atoms with Gasteiger partial charge in [-0.3, -0.25) is 4.99 Å². The van der Waals surface area contributed by atoms with Crippen LogP contribution in [-0.4, -0.2) is 86.7 Å². The first-order valence-electron chi connectivity index (χ1n) is 9.07. The van der Waals surface area contributed by atoms with Gasteiger partial charge in [-0.15, -0.1) is 0 Å². The van der Waals surface area contributed by atoms with Crippen LogP contribution < -0.4 is 10.6 Å². The standard InChI is InChI=1S/C17H26ClN5O2S2/c18-15-1-3-16(4-2-15)21-6-8-22(9-7-21)17(19)20-5-14-27(24,25)23-10-12-26-13-11-23/h1-4H,5-14H2,(H2,19,20). The largest absolute Gasteiger partial charge is 0.370 e. The Labute approximate surface area is 170 Å². The Hall–Kier alpha value is -1.16. The van der Waals surface area contributed by atoms with Crippen LogP contribution in [0.1, 0.15) is 0 Å². The smallest absolute Gasteiger partial charge is 0.215 e. The van der Waals surface area contributed by atoms with Gasteiger partial charge in [-0.05, 0) is 24.3 Å². The van der Waals surface area contributed by atoms with Crippen molar-refractivity contribution in [3.8, 4) is 0 Å². The van der Waals surface area contributed by atoms with E-state index in [4.69, 9.17) is 17.3 Å². The first kappa shape index (κ1) is 20.6. The molecule has 0 unspecified atom stereocenters. The Morgan fingerprint density at radius 3 is 2.33 bits per heavy atom. The summed E-state index contributed by atoms with van der Waals surface area (Å²) in [4.78, 5) is 8.60. The van der Waals surface area contributed by atoms with E-state index in [-0.39, 0.29) is 12.3 Å². The van der Waals surface area contributed by atoms with Crippen LogP contribution in [0.4, 0.5) is 5.69 Å². The molecule has 7 nitrogen and oxygen atoms in total. The summed E-state index contributed by atoms with van der Waals surface area (Å²) in [5, 5.41) is 0.729. The molecule has 2 aliphatic heterocycles. The van der Waals surface area contributed by atoms with E-state index in [2.05, 4.69) is 9.89 Å². The number of anilines is 1. The molecule has 2 saturated heterocycles. The van der Waals surface area contributed by atoms with Crippen molar-refractivity contribution < 1.29 is 8.42 Å². The zero-order valence-electron chi connectivity index (χ0n) is 15.3. The van der Waals surface area contributed by atoms with Crippen LogP contribution in [0.3, 0.4) is 0 Å². The van der Waals surface area contributed by atoms with Crippen LogP contribution >= 0.6 is 23.4 Å². The zero-order chi connectivity index (χ0) is 19.3. The lowest BCUT2D eigenvalue weighted by molar-refractivity contribution is 0.381. The highest BCUT2D eigenvalue weighted by Crippen LogP contribution is 2.19. The van der Waals surface area contributed by atoms with Gasteiger partial charge in [0.1, 0.15) is 0 Å². The molecule has 0 aliphatic carbocycles. The minimum atomic E-state index is -3.24. The summed E-state index contributed by atoms with van der Waals surface area (Å²) in [6.07, 6.45) is 0. The van der Waals surface area contributed by atoms with Gasteiger partial charge in [-0.25, -0.2) is 12.7 Å². The van der Waals surface area contributed by atoms with Crippen molar-refractivity contribution in [2.45, 2.75) is 0 Å². The number of halogens is 1. The monoisotopic (exact) mass is 431 g/mol. The molecule has 2 aliphatic rings. The van der Waals surface area contributed by atoms with Gasteiger partial charge >= 0.3 is 0 Å². The molecule has 0 radical (unpaired) electrons. The predicted octanol–water partition coefficient (Wildman–Crippen LogP) is 1.16. The van der Waals surface area contributed by atoms with Crippen molar-refractivity contribution in [3.63, 3.8) is 0 Å². The maximum absolute atomic E-state index is 12.3. The lowest BCUT2D eigenvalue weighted by Gasteiger charge is -2.36. The molecule has 2 heterocycles. The van der Waals surface area contributed by atoms with Crippen LogP contribution in [0.5, 0.6) is 0 Å². The Balaban J connectivity index is 1.47. The fourth-order valence-corrected chi connectivity index (χ4v) is 5.75. The molecule has 1 aromatic carbocycles.